The molecule has 1 heterocycles. The van der Waals surface area contributed by atoms with Crippen LogP contribution in [0, 0.1) is 28.6 Å². The fourth-order valence-electron chi connectivity index (χ4n) is 7.25. The molecule has 2 nitrogen and oxygen atoms in total. The van der Waals surface area contributed by atoms with Crippen molar-refractivity contribution in [3.8, 4) is 0 Å². The molecule has 4 aliphatic carbocycles. The topological polar surface area (TPSA) is 21.8 Å². The van der Waals surface area contributed by atoms with Crippen LogP contribution in [-0.2, 0) is 9.47 Å². The second kappa shape index (κ2) is 4.90. The molecule has 1 saturated heterocycles. The zero-order valence-electron chi connectivity index (χ0n) is 15.6. The molecule has 3 fully saturated rings. The lowest BCUT2D eigenvalue weighted by Crippen LogP contribution is -2.50. The van der Waals surface area contributed by atoms with Crippen LogP contribution in [0.2, 0.25) is 0 Å². The highest BCUT2D eigenvalue weighted by atomic mass is 16.6. The predicted molar refractivity (Wildman–Crippen MR) is 95.5 cm³/mol. The van der Waals surface area contributed by atoms with E-state index in [0.29, 0.717) is 10.8 Å². The van der Waals surface area contributed by atoms with Gasteiger partial charge < -0.3 is 9.47 Å². The summed E-state index contributed by atoms with van der Waals surface area (Å²) < 4.78 is 11.9. The Labute approximate surface area is 146 Å². The van der Waals surface area contributed by atoms with E-state index in [-0.39, 0.29) is 5.60 Å². The van der Waals surface area contributed by atoms with E-state index < -0.39 is 0 Å². The number of epoxide rings is 1. The van der Waals surface area contributed by atoms with E-state index >= 15 is 0 Å². The molecular weight excluding hydrogens is 296 g/mol. The van der Waals surface area contributed by atoms with Crippen LogP contribution in [0.15, 0.2) is 23.5 Å². The van der Waals surface area contributed by atoms with Crippen LogP contribution in [0.5, 0.6) is 0 Å². The Morgan fingerprint density at radius 2 is 1.96 bits per heavy atom. The maximum atomic E-state index is 6.04. The van der Waals surface area contributed by atoms with Gasteiger partial charge >= 0.3 is 0 Å². The van der Waals surface area contributed by atoms with E-state index in [0.717, 1.165) is 37.4 Å². The Morgan fingerprint density at radius 1 is 1.17 bits per heavy atom. The van der Waals surface area contributed by atoms with Gasteiger partial charge in [-0.3, -0.25) is 0 Å². The van der Waals surface area contributed by atoms with E-state index in [4.69, 9.17) is 9.47 Å². The SMILES string of the molecule is CCOC1=CC2=CCC3C(CC[C@@]4(C)C3CC[C@@]43CO3)[C@@]2(C)CC1. The minimum absolute atomic E-state index is 0.280. The summed E-state index contributed by atoms with van der Waals surface area (Å²) in [5.74, 6) is 3.84. The lowest BCUT2D eigenvalue weighted by Gasteiger charge is -2.56. The van der Waals surface area contributed by atoms with Crippen molar-refractivity contribution in [2.24, 2.45) is 28.6 Å². The van der Waals surface area contributed by atoms with Crippen LogP contribution in [0.4, 0.5) is 0 Å². The molecule has 0 bridgehead atoms. The molecule has 24 heavy (non-hydrogen) atoms. The summed E-state index contributed by atoms with van der Waals surface area (Å²) in [6.45, 7) is 9.04. The minimum Gasteiger partial charge on any atom is -0.498 e. The van der Waals surface area contributed by atoms with E-state index in [1.165, 1.54) is 44.3 Å². The van der Waals surface area contributed by atoms with Crippen LogP contribution in [0.1, 0.15) is 65.7 Å². The first-order valence-electron chi connectivity index (χ1n) is 10.2. The average molecular weight is 328 g/mol. The molecular formula is C22H32O2. The summed E-state index contributed by atoms with van der Waals surface area (Å²) in [4.78, 5) is 0. The molecule has 6 atom stereocenters. The van der Waals surface area contributed by atoms with Crippen LogP contribution >= 0.6 is 0 Å². The van der Waals surface area contributed by atoms with Gasteiger partial charge in [-0.25, -0.2) is 0 Å². The van der Waals surface area contributed by atoms with Crippen molar-refractivity contribution < 1.29 is 9.47 Å². The van der Waals surface area contributed by atoms with Gasteiger partial charge in [0.2, 0.25) is 0 Å². The van der Waals surface area contributed by atoms with Gasteiger partial charge in [0.25, 0.3) is 0 Å². The highest BCUT2D eigenvalue weighted by molar-refractivity contribution is 5.36. The van der Waals surface area contributed by atoms with Crippen molar-refractivity contribution in [1.29, 1.82) is 0 Å². The molecule has 5 aliphatic rings. The zero-order chi connectivity index (χ0) is 16.6. The largest absolute Gasteiger partial charge is 0.498 e. The van der Waals surface area contributed by atoms with Gasteiger partial charge in [-0.15, -0.1) is 0 Å². The summed E-state index contributed by atoms with van der Waals surface area (Å²) in [7, 11) is 0. The molecule has 2 heteroatoms. The highest BCUT2D eigenvalue weighted by Crippen LogP contribution is 2.70. The van der Waals surface area contributed by atoms with Crippen LogP contribution in [0.3, 0.4) is 0 Å². The molecule has 0 aromatic carbocycles. The van der Waals surface area contributed by atoms with E-state index in [1.54, 1.807) is 5.57 Å². The van der Waals surface area contributed by atoms with Crippen molar-refractivity contribution in [2.75, 3.05) is 13.2 Å². The Hall–Kier alpha value is -0.760. The smallest absolute Gasteiger partial charge is 0.0972 e. The summed E-state index contributed by atoms with van der Waals surface area (Å²) in [5, 5.41) is 0. The van der Waals surface area contributed by atoms with Crippen molar-refractivity contribution in [3.63, 3.8) is 0 Å². The van der Waals surface area contributed by atoms with Gasteiger partial charge in [0.15, 0.2) is 0 Å². The first-order valence-corrected chi connectivity index (χ1v) is 10.2. The molecule has 0 amide bonds. The third-order valence-corrected chi connectivity index (χ3v) is 8.84. The predicted octanol–water partition coefficient (Wildman–Crippen LogP) is 5.25. The third-order valence-electron chi connectivity index (χ3n) is 8.84. The van der Waals surface area contributed by atoms with Crippen molar-refractivity contribution in [1.82, 2.24) is 0 Å². The quantitative estimate of drug-likeness (QED) is 0.646. The number of hydrogen-bond donors (Lipinski definition) is 0. The zero-order valence-corrected chi connectivity index (χ0v) is 15.6. The van der Waals surface area contributed by atoms with Crippen LogP contribution in [-0.4, -0.2) is 18.8 Å². The van der Waals surface area contributed by atoms with Crippen molar-refractivity contribution in [3.05, 3.63) is 23.5 Å². The first kappa shape index (κ1) is 15.5. The van der Waals surface area contributed by atoms with Gasteiger partial charge in [0.1, 0.15) is 0 Å². The fraction of sp³-hybridized carbons (Fsp3) is 0.818. The lowest BCUT2D eigenvalue weighted by atomic mass is 9.48. The number of allylic oxidation sites excluding steroid dienone is 4. The Bertz CT molecular complexity index is 613. The van der Waals surface area contributed by atoms with E-state index in [1.807, 2.05) is 0 Å². The molecule has 1 spiro atoms. The molecule has 2 saturated carbocycles. The maximum absolute atomic E-state index is 6.04. The number of ether oxygens (including phenoxy) is 2. The number of rotatable bonds is 2. The Balaban J connectivity index is 1.48. The molecule has 0 aromatic heterocycles. The minimum atomic E-state index is 0.280. The molecule has 132 valence electrons. The monoisotopic (exact) mass is 328 g/mol. The van der Waals surface area contributed by atoms with E-state index in [2.05, 4.69) is 32.9 Å². The van der Waals surface area contributed by atoms with Crippen molar-refractivity contribution in [2.45, 2.75) is 71.3 Å². The van der Waals surface area contributed by atoms with Gasteiger partial charge in [0, 0.05) is 11.8 Å². The van der Waals surface area contributed by atoms with Crippen molar-refractivity contribution >= 4 is 0 Å². The van der Waals surface area contributed by atoms with Gasteiger partial charge in [-0.1, -0.05) is 19.9 Å². The average Bonchev–Trinajstić information content (AvgIpc) is 3.29. The van der Waals surface area contributed by atoms with Gasteiger partial charge in [0.05, 0.1) is 24.6 Å². The molecule has 5 rings (SSSR count). The second-order valence-corrected chi connectivity index (χ2v) is 9.51. The molecule has 0 aromatic rings. The second-order valence-electron chi connectivity index (χ2n) is 9.51. The fourth-order valence-corrected chi connectivity index (χ4v) is 7.25. The molecule has 0 N–H and O–H groups in total. The van der Waals surface area contributed by atoms with E-state index in [9.17, 15) is 0 Å². The molecule has 1 aliphatic heterocycles. The van der Waals surface area contributed by atoms with Crippen LogP contribution < -0.4 is 0 Å². The lowest BCUT2D eigenvalue weighted by molar-refractivity contribution is -0.0449. The Kier molecular flexibility index (Phi) is 3.16. The summed E-state index contributed by atoms with van der Waals surface area (Å²) in [6.07, 6.45) is 14.1. The summed E-state index contributed by atoms with van der Waals surface area (Å²) in [5.41, 5.74) is 2.70. The maximum Gasteiger partial charge on any atom is 0.0972 e. The van der Waals surface area contributed by atoms with Gasteiger partial charge in [-0.2, -0.15) is 0 Å². The Morgan fingerprint density at radius 3 is 2.71 bits per heavy atom. The molecule has 3 unspecified atom stereocenters. The summed E-state index contributed by atoms with van der Waals surface area (Å²) >= 11 is 0. The van der Waals surface area contributed by atoms with Crippen LogP contribution in [0.25, 0.3) is 0 Å². The first-order chi connectivity index (χ1) is 11.5. The standard InChI is InChI=1S/C22H32O2/c1-4-23-16-7-10-20(2)15(13-16)5-6-17-18(20)8-11-21(3)19(17)9-12-22(21)14-24-22/h5,13,17-19H,4,6-12,14H2,1-3H3/t17?,18?,19?,20-,21-,22+/m0/s1. The summed E-state index contributed by atoms with van der Waals surface area (Å²) in [6, 6.07) is 0. The normalized spacial score (nSPS) is 52.0. The third kappa shape index (κ3) is 1.81. The number of hydrogen-bond acceptors (Lipinski definition) is 2. The molecule has 0 radical (unpaired) electrons. The van der Waals surface area contributed by atoms with Gasteiger partial charge in [-0.05, 0) is 80.3 Å². The number of fused-ring (bicyclic) bond motifs is 6. The highest BCUT2D eigenvalue weighted by Gasteiger charge is 2.69.